The Kier molecular flexibility index (Phi) is 6.36. The summed E-state index contributed by atoms with van der Waals surface area (Å²) in [5.74, 6) is -0.280. The highest BCUT2D eigenvalue weighted by atomic mass is 79.9. The molecule has 0 aliphatic rings. The van der Waals surface area contributed by atoms with Gasteiger partial charge in [0.1, 0.15) is 0 Å². The van der Waals surface area contributed by atoms with Crippen LogP contribution >= 0.6 is 31.9 Å². The Morgan fingerprint density at radius 2 is 1.87 bits per heavy atom. The molecule has 0 saturated carbocycles. The highest BCUT2D eigenvalue weighted by molar-refractivity contribution is 9.11. The average molecular weight is 440 g/mol. The summed E-state index contributed by atoms with van der Waals surface area (Å²) in [7, 11) is 0. The number of anilines is 1. The third-order valence-electron chi connectivity index (χ3n) is 3.10. The molecular weight excluding hydrogens is 424 g/mol. The van der Waals surface area contributed by atoms with Crippen LogP contribution in [0.3, 0.4) is 0 Å². The molecular formula is C17H16Br2N2O2. The zero-order chi connectivity index (χ0) is 16.8. The van der Waals surface area contributed by atoms with Crippen molar-refractivity contribution in [2.75, 3.05) is 11.9 Å². The van der Waals surface area contributed by atoms with Crippen molar-refractivity contribution in [2.24, 2.45) is 5.16 Å². The molecule has 120 valence electrons. The number of nitrogens with zero attached hydrogens (tertiary/aromatic N) is 1. The van der Waals surface area contributed by atoms with Crippen LogP contribution in [0.25, 0.3) is 0 Å². The second kappa shape index (κ2) is 8.26. The van der Waals surface area contributed by atoms with Gasteiger partial charge in [0.15, 0.2) is 6.61 Å². The Balaban J connectivity index is 1.90. The van der Waals surface area contributed by atoms with Crippen molar-refractivity contribution in [3.8, 4) is 0 Å². The minimum Gasteiger partial charge on any atom is -0.386 e. The molecule has 23 heavy (non-hydrogen) atoms. The van der Waals surface area contributed by atoms with Crippen molar-refractivity contribution in [3.63, 3.8) is 0 Å². The van der Waals surface area contributed by atoms with Crippen molar-refractivity contribution in [3.05, 3.63) is 62.0 Å². The number of hydrogen-bond donors (Lipinski definition) is 1. The van der Waals surface area contributed by atoms with Gasteiger partial charge in [-0.05, 0) is 74.5 Å². The van der Waals surface area contributed by atoms with E-state index in [1.54, 1.807) is 6.21 Å². The molecule has 0 aliphatic carbocycles. The van der Waals surface area contributed by atoms with Crippen molar-refractivity contribution >= 4 is 49.7 Å². The average Bonchev–Trinajstić information content (AvgIpc) is 2.49. The maximum absolute atomic E-state index is 11.9. The molecule has 0 radical (unpaired) electrons. The van der Waals surface area contributed by atoms with Crippen molar-refractivity contribution < 1.29 is 9.63 Å². The smallest absolute Gasteiger partial charge is 0.265 e. The van der Waals surface area contributed by atoms with E-state index in [2.05, 4.69) is 42.3 Å². The van der Waals surface area contributed by atoms with Gasteiger partial charge in [-0.25, -0.2) is 0 Å². The van der Waals surface area contributed by atoms with Gasteiger partial charge in [-0.3, -0.25) is 4.79 Å². The molecule has 2 rings (SSSR count). The topological polar surface area (TPSA) is 50.7 Å². The summed E-state index contributed by atoms with van der Waals surface area (Å²) >= 11 is 6.86. The number of amides is 1. The molecule has 0 bridgehead atoms. The number of aryl methyl sites for hydroxylation is 2. The maximum Gasteiger partial charge on any atom is 0.265 e. The van der Waals surface area contributed by atoms with E-state index in [1.807, 2.05) is 50.2 Å². The molecule has 0 aromatic heterocycles. The van der Waals surface area contributed by atoms with Crippen LogP contribution in [0.15, 0.2) is 50.5 Å². The SMILES string of the molecule is Cc1cc(Br)c(NC(=O)CO/N=C/c2ccccc2C)c(Br)c1. The summed E-state index contributed by atoms with van der Waals surface area (Å²) in [6.45, 7) is 3.81. The number of halogens is 2. The number of hydrogen-bond acceptors (Lipinski definition) is 3. The summed E-state index contributed by atoms with van der Waals surface area (Å²) in [6.07, 6.45) is 1.60. The van der Waals surface area contributed by atoms with Gasteiger partial charge in [0, 0.05) is 8.95 Å². The van der Waals surface area contributed by atoms with Crippen LogP contribution in [-0.4, -0.2) is 18.7 Å². The second-order valence-corrected chi connectivity index (χ2v) is 6.72. The summed E-state index contributed by atoms with van der Waals surface area (Å²) in [5, 5.41) is 6.62. The molecule has 0 heterocycles. The lowest BCUT2D eigenvalue weighted by Gasteiger charge is -2.10. The van der Waals surface area contributed by atoms with E-state index in [1.165, 1.54) is 0 Å². The lowest BCUT2D eigenvalue weighted by atomic mass is 10.1. The third-order valence-corrected chi connectivity index (χ3v) is 4.35. The fourth-order valence-corrected chi connectivity index (χ4v) is 3.53. The van der Waals surface area contributed by atoms with Crippen molar-refractivity contribution in [1.82, 2.24) is 0 Å². The number of oxime groups is 1. The normalized spacial score (nSPS) is 10.8. The van der Waals surface area contributed by atoms with Gasteiger partial charge in [-0.2, -0.15) is 0 Å². The molecule has 4 nitrogen and oxygen atoms in total. The van der Waals surface area contributed by atoms with E-state index < -0.39 is 0 Å². The van der Waals surface area contributed by atoms with Gasteiger partial charge >= 0.3 is 0 Å². The molecule has 1 N–H and O–H groups in total. The Hall–Kier alpha value is -1.66. The Morgan fingerprint density at radius 3 is 2.52 bits per heavy atom. The minimum atomic E-state index is -0.280. The molecule has 6 heteroatoms. The Morgan fingerprint density at radius 1 is 1.22 bits per heavy atom. The van der Waals surface area contributed by atoms with Crippen LogP contribution in [0.4, 0.5) is 5.69 Å². The quantitative estimate of drug-likeness (QED) is 0.536. The molecule has 0 atom stereocenters. The van der Waals surface area contributed by atoms with Gasteiger partial charge in [-0.1, -0.05) is 29.4 Å². The summed E-state index contributed by atoms with van der Waals surface area (Å²) in [4.78, 5) is 17.0. The minimum absolute atomic E-state index is 0.158. The molecule has 0 saturated heterocycles. The lowest BCUT2D eigenvalue weighted by Crippen LogP contribution is -2.17. The first-order valence-corrected chi connectivity index (χ1v) is 8.52. The van der Waals surface area contributed by atoms with Gasteiger partial charge < -0.3 is 10.2 Å². The molecule has 0 spiro atoms. The van der Waals surface area contributed by atoms with Crippen LogP contribution < -0.4 is 5.32 Å². The molecule has 0 unspecified atom stereocenters. The van der Waals surface area contributed by atoms with Crippen LogP contribution in [0.2, 0.25) is 0 Å². The molecule has 0 aliphatic heterocycles. The van der Waals surface area contributed by atoms with Gasteiger partial charge in [0.2, 0.25) is 0 Å². The molecule has 2 aromatic rings. The fraction of sp³-hybridized carbons (Fsp3) is 0.176. The Labute approximate surface area is 152 Å². The van der Waals surface area contributed by atoms with E-state index in [0.29, 0.717) is 5.69 Å². The second-order valence-electron chi connectivity index (χ2n) is 5.02. The van der Waals surface area contributed by atoms with Gasteiger partial charge in [0.25, 0.3) is 5.91 Å². The number of nitrogens with one attached hydrogen (secondary N) is 1. The van der Waals surface area contributed by atoms with E-state index >= 15 is 0 Å². The highest BCUT2D eigenvalue weighted by Crippen LogP contribution is 2.32. The van der Waals surface area contributed by atoms with E-state index in [4.69, 9.17) is 4.84 Å². The molecule has 0 fully saturated rings. The first-order chi connectivity index (χ1) is 11.0. The predicted octanol–water partition coefficient (Wildman–Crippen LogP) is 4.82. The summed E-state index contributed by atoms with van der Waals surface area (Å²) in [6, 6.07) is 11.7. The first kappa shape index (κ1) is 17.7. The fourth-order valence-electron chi connectivity index (χ4n) is 1.92. The van der Waals surface area contributed by atoms with Crippen LogP contribution in [0, 0.1) is 13.8 Å². The summed E-state index contributed by atoms with van der Waals surface area (Å²) < 4.78 is 1.61. The van der Waals surface area contributed by atoms with Crippen molar-refractivity contribution in [2.45, 2.75) is 13.8 Å². The largest absolute Gasteiger partial charge is 0.386 e. The number of rotatable bonds is 5. The summed E-state index contributed by atoms with van der Waals surface area (Å²) in [5.41, 5.74) is 3.81. The Bertz CT molecular complexity index is 722. The van der Waals surface area contributed by atoms with E-state index in [9.17, 15) is 4.79 Å². The monoisotopic (exact) mass is 438 g/mol. The van der Waals surface area contributed by atoms with Crippen LogP contribution in [0.1, 0.15) is 16.7 Å². The van der Waals surface area contributed by atoms with E-state index in [0.717, 1.165) is 25.6 Å². The number of carbonyl (C=O) groups excluding carboxylic acids is 1. The van der Waals surface area contributed by atoms with Crippen LogP contribution in [0.5, 0.6) is 0 Å². The zero-order valence-electron chi connectivity index (χ0n) is 12.8. The number of benzene rings is 2. The standard InChI is InChI=1S/C17H16Br2N2O2/c1-11-7-14(18)17(15(19)8-11)21-16(22)10-23-20-9-13-6-4-3-5-12(13)2/h3-9H,10H2,1-2H3,(H,21,22)/b20-9+. The van der Waals surface area contributed by atoms with E-state index in [-0.39, 0.29) is 12.5 Å². The van der Waals surface area contributed by atoms with Crippen molar-refractivity contribution in [1.29, 1.82) is 0 Å². The predicted molar refractivity (Wildman–Crippen MR) is 99.9 cm³/mol. The first-order valence-electron chi connectivity index (χ1n) is 6.94. The van der Waals surface area contributed by atoms with Gasteiger partial charge in [-0.15, -0.1) is 0 Å². The third kappa shape index (κ3) is 5.18. The molecule has 2 aromatic carbocycles. The maximum atomic E-state index is 11.9. The number of carbonyl (C=O) groups is 1. The highest BCUT2D eigenvalue weighted by Gasteiger charge is 2.10. The van der Waals surface area contributed by atoms with Gasteiger partial charge in [0.05, 0.1) is 11.9 Å². The zero-order valence-corrected chi connectivity index (χ0v) is 15.9. The van der Waals surface area contributed by atoms with Crippen LogP contribution in [-0.2, 0) is 9.63 Å². The lowest BCUT2D eigenvalue weighted by molar-refractivity contribution is -0.120. The molecule has 1 amide bonds.